The van der Waals surface area contributed by atoms with Gasteiger partial charge in [-0.1, -0.05) is 18.6 Å². The van der Waals surface area contributed by atoms with Crippen molar-refractivity contribution >= 4 is 44.7 Å². The van der Waals surface area contributed by atoms with E-state index in [0.717, 1.165) is 57.3 Å². The Morgan fingerprint density at radius 1 is 1.02 bits per heavy atom. The Morgan fingerprint density at radius 3 is 2.52 bits per heavy atom. The predicted octanol–water partition coefficient (Wildman–Crippen LogP) is 4.96. The number of nitrogens with one attached hydrogen (secondary N) is 3. The lowest BCUT2D eigenvalue weighted by Gasteiger charge is -2.36. The van der Waals surface area contributed by atoms with Crippen LogP contribution in [0.15, 0.2) is 53.6 Å². The van der Waals surface area contributed by atoms with Crippen molar-refractivity contribution in [3.63, 3.8) is 0 Å². The number of hydrogen-bond acceptors (Lipinski definition) is 10. The molecule has 2 aromatic carbocycles. The van der Waals surface area contributed by atoms with Gasteiger partial charge in [-0.2, -0.15) is 19.6 Å². The Labute approximate surface area is 269 Å². The third-order valence-corrected chi connectivity index (χ3v) is 11.2. The third kappa shape index (κ3) is 6.38. The number of methoxy groups -OCH3 is 1. The van der Waals surface area contributed by atoms with E-state index in [1.54, 1.807) is 57.5 Å². The molecule has 2 saturated heterocycles. The molecule has 1 atom stereocenters. The first kappa shape index (κ1) is 31.7. The number of para-hydroxylation sites is 1. The number of anilines is 4. The van der Waals surface area contributed by atoms with Gasteiger partial charge in [-0.15, -0.1) is 0 Å². The van der Waals surface area contributed by atoms with E-state index in [1.165, 1.54) is 10.1 Å². The van der Waals surface area contributed by atoms with Crippen molar-refractivity contribution < 1.29 is 17.9 Å². The molecule has 244 valence electrons. The van der Waals surface area contributed by atoms with Crippen LogP contribution in [-0.4, -0.2) is 76.8 Å². The van der Waals surface area contributed by atoms with Crippen molar-refractivity contribution in [3.05, 3.63) is 59.8 Å². The van der Waals surface area contributed by atoms with Gasteiger partial charge in [0, 0.05) is 19.2 Å². The van der Waals surface area contributed by atoms with Gasteiger partial charge in [-0.3, -0.25) is 4.79 Å². The standard InChI is InChI=1S/C33H42N8O4S/c1-21(2)46(43,44)29-11-6-5-9-25(29)37-33-39-32(38-30-12-16-35-41(30)33)36-27-19-22(3)24(20-28(27)45-4)23-13-17-40(18-14-23)31(42)26-10-7-8-15-34-26/h5-6,9,11-12,16,19-21,23,26,34H,7-8,10,13-15,17-18H2,1-4H3,(H2,36,37,38,39). The molecule has 2 fully saturated rings. The molecule has 0 saturated carbocycles. The van der Waals surface area contributed by atoms with Crippen LogP contribution in [0.1, 0.15) is 63.0 Å². The molecule has 3 N–H and O–H groups in total. The molecule has 0 bridgehead atoms. The highest BCUT2D eigenvalue weighted by atomic mass is 32.2. The molecule has 4 aromatic rings. The SMILES string of the molecule is COc1cc(C2CCN(C(=O)C3CCCCN3)CC2)c(C)cc1Nc1nc(Nc2ccccc2S(=O)(=O)C(C)C)n2nccc2n1. The maximum atomic E-state index is 13.1. The molecule has 0 aliphatic carbocycles. The topological polar surface area (TPSA) is 143 Å². The summed E-state index contributed by atoms with van der Waals surface area (Å²) >= 11 is 0. The molecular formula is C33H42N8O4S. The van der Waals surface area contributed by atoms with Crippen LogP contribution in [0.2, 0.25) is 0 Å². The molecular weight excluding hydrogens is 604 g/mol. The quantitative estimate of drug-likeness (QED) is 0.228. The molecule has 4 heterocycles. The van der Waals surface area contributed by atoms with Gasteiger partial charge in [0.2, 0.25) is 17.8 Å². The number of ether oxygens (including phenoxy) is 1. The van der Waals surface area contributed by atoms with E-state index in [9.17, 15) is 13.2 Å². The molecule has 2 aliphatic rings. The van der Waals surface area contributed by atoms with E-state index in [1.807, 2.05) is 11.0 Å². The minimum Gasteiger partial charge on any atom is -0.495 e. The zero-order chi connectivity index (χ0) is 32.4. The molecule has 46 heavy (non-hydrogen) atoms. The van der Waals surface area contributed by atoms with Crippen molar-refractivity contribution in [2.24, 2.45) is 0 Å². The van der Waals surface area contributed by atoms with Crippen LogP contribution in [0, 0.1) is 6.92 Å². The number of hydrogen-bond donors (Lipinski definition) is 3. The summed E-state index contributed by atoms with van der Waals surface area (Å²) in [5.74, 6) is 1.82. The van der Waals surface area contributed by atoms with Crippen LogP contribution in [0.5, 0.6) is 5.75 Å². The lowest BCUT2D eigenvalue weighted by Crippen LogP contribution is -2.50. The molecule has 1 unspecified atom stereocenters. The normalized spacial score (nSPS) is 17.8. The van der Waals surface area contributed by atoms with Gasteiger partial charge < -0.3 is 25.6 Å². The maximum Gasteiger partial charge on any atom is 0.239 e. The summed E-state index contributed by atoms with van der Waals surface area (Å²) in [7, 11) is -1.92. The van der Waals surface area contributed by atoms with Gasteiger partial charge in [-0.25, -0.2) is 8.42 Å². The van der Waals surface area contributed by atoms with E-state index < -0.39 is 15.1 Å². The second kappa shape index (κ2) is 13.2. The summed E-state index contributed by atoms with van der Waals surface area (Å²) in [6, 6.07) is 12.6. The second-order valence-electron chi connectivity index (χ2n) is 12.3. The Hall–Kier alpha value is -4.23. The van der Waals surface area contributed by atoms with Gasteiger partial charge in [0.05, 0.1) is 40.9 Å². The highest BCUT2D eigenvalue weighted by molar-refractivity contribution is 7.92. The number of amides is 1. The van der Waals surface area contributed by atoms with E-state index in [2.05, 4.69) is 44.0 Å². The lowest BCUT2D eigenvalue weighted by molar-refractivity contribution is -0.135. The number of rotatable bonds is 9. The van der Waals surface area contributed by atoms with Crippen molar-refractivity contribution in [2.75, 3.05) is 37.4 Å². The smallest absolute Gasteiger partial charge is 0.239 e. The first-order valence-electron chi connectivity index (χ1n) is 15.9. The highest BCUT2D eigenvalue weighted by Crippen LogP contribution is 2.38. The fraction of sp³-hybridized carbons (Fsp3) is 0.455. The van der Waals surface area contributed by atoms with Crippen LogP contribution in [0.25, 0.3) is 5.65 Å². The Balaban J connectivity index is 1.23. The van der Waals surface area contributed by atoms with Crippen LogP contribution in [-0.2, 0) is 14.6 Å². The van der Waals surface area contributed by atoms with Crippen molar-refractivity contribution in [1.82, 2.24) is 29.8 Å². The zero-order valence-corrected chi connectivity index (χ0v) is 27.6. The molecule has 6 rings (SSSR count). The van der Waals surface area contributed by atoms with Gasteiger partial charge >= 0.3 is 0 Å². The predicted molar refractivity (Wildman–Crippen MR) is 178 cm³/mol. The summed E-state index contributed by atoms with van der Waals surface area (Å²) in [6.07, 6.45) is 6.58. The van der Waals surface area contributed by atoms with Gasteiger partial charge in [-0.05, 0) is 94.3 Å². The minimum atomic E-state index is -3.56. The summed E-state index contributed by atoms with van der Waals surface area (Å²) in [5.41, 5.74) is 3.96. The van der Waals surface area contributed by atoms with Crippen LogP contribution >= 0.6 is 0 Å². The number of nitrogens with zero attached hydrogens (tertiary/aromatic N) is 5. The number of fused-ring (bicyclic) bond motifs is 1. The van der Waals surface area contributed by atoms with Crippen LogP contribution < -0.4 is 20.7 Å². The van der Waals surface area contributed by atoms with Gasteiger partial charge in [0.15, 0.2) is 15.5 Å². The van der Waals surface area contributed by atoms with Crippen molar-refractivity contribution in [3.8, 4) is 5.75 Å². The average molecular weight is 647 g/mol. The number of aromatic nitrogens is 4. The molecule has 13 heteroatoms. The highest BCUT2D eigenvalue weighted by Gasteiger charge is 2.30. The Morgan fingerprint density at radius 2 is 1.80 bits per heavy atom. The van der Waals surface area contributed by atoms with Crippen LogP contribution in [0.4, 0.5) is 23.3 Å². The number of likely N-dealkylation sites (tertiary alicyclic amines) is 1. The molecule has 0 spiro atoms. The molecule has 0 radical (unpaired) electrons. The summed E-state index contributed by atoms with van der Waals surface area (Å²) in [5, 5.41) is 13.6. The lowest BCUT2D eigenvalue weighted by atomic mass is 9.86. The molecule has 1 amide bonds. The second-order valence-corrected chi connectivity index (χ2v) is 14.8. The Kier molecular flexibility index (Phi) is 9.14. The summed E-state index contributed by atoms with van der Waals surface area (Å²) in [4.78, 5) is 24.6. The Bertz CT molecular complexity index is 1830. The summed E-state index contributed by atoms with van der Waals surface area (Å²) < 4.78 is 33.5. The van der Waals surface area contributed by atoms with E-state index in [-0.39, 0.29) is 16.8 Å². The van der Waals surface area contributed by atoms with Crippen molar-refractivity contribution in [2.45, 2.75) is 75.0 Å². The minimum absolute atomic E-state index is 0.0416. The van der Waals surface area contributed by atoms with Gasteiger partial charge in [0.25, 0.3) is 0 Å². The van der Waals surface area contributed by atoms with Crippen LogP contribution in [0.3, 0.4) is 0 Å². The third-order valence-electron chi connectivity index (χ3n) is 9.01. The monoisotopic (exact) mass is 646 g/mol. The summed E-state index contributed by atoms with van der Waals surface area (Å²) in [6.45, 7) is 7.82. The average Bonchev–Trinajstić information content (AvgIpc) is 3.54. The maximum absolute atomic E-state index is 13.1. The molecule has 12 nitrogen and oxygen atoms in total. The number of carbonyl (C=O) groups is 1. The fourth-order valence-corrected chi connectivity index (χ4v) is 7.58. The number of aryl methyl sites for hydroxylation is 1. The molecule has 2 aromatic heterocycles. The molecule has 2 aliphatic heterocycles. The largest absolute Gasteiger partial charge is 0.495 e. The number of benzene rings is 2. The first-order chi connectivity index (χ1) is 22.2. The fourth-order valence-electron chi connectivity index (χ4n) is 6.38. The van der Waals surface area contributed by atoms with E-state index in [4.69, 9.17) is 4.74 Å². The van der Waals surface area contributed by atoms with E-state index in [0.29, 0.717) is 40.6 Å². The van der Waals surface area contributed by atoms with E-state index >= 15 is 0 Å². The van der Waals surface area contributed by atoms with Gasteiger partial charge in [0.1, 0.15) is 5.75 Å². The van der Waals surface area contributed by atoms with Crippen molar-refractivity contribution in [1.29, 1.82) is 0 Å². The number of carbonyl (C=O) groups excluding carboxylic acids is 1. The first-order valence-corrected chi connectivity index (χ1v) is 17.5. The zero-order valence-electron chi connectivity index (χ0n) is 26.8. The number of sulfone groups is 1. The number of piperidine rings is 2.